The molecule has 1 aliphatic rings. The Morgan fingerprint density at radius 2 is 1.88 bits per heavy atom. The first-order valence-corrected chi connectivity index (χ1v) is 6.70. The van der Waals surface area contributed by atoms with Crippen molar-refractivity contribution in [3.05, 3.63) is 35.9 Å². The molecule has 1 N–H and O–H groups in total. The first-order chi connectivity index (χ1) is 8.31. The van der Waals surface area contributed by atoms with E-state index >= 15 is 0 Å². The van der Waals surface area contributed by atoms with Gasteiger partial charge in [0.15, 0.2) is 0 Å². The molecule has 1 aromatic carbocycles. The zero-order chi connectivity index (χ0) is 12.1. The minimum Gasteiger partial charge on any atom is -0.357 e. The van der Waals surface area contributed by atoms with Gasteiger partial charge in [-0.15, -0.1) is 0 Å². The topological polar surface area (TPSA) is 27.1 Å². The SMILES string of the molecule is CCCC1CCN(C(=N)c2ccccc2)CC1. The predicted molar refractivity (Wildman–Crippen MR) is 72.5 cm³/mol. The van der Waals surface area contributed by atoms with E-state index in [1.54, 1.807) is 0 Å². The molecule has 1 aromatic rings. The Hall–Kier alpha value is -1.31. The first-order valence-electron chi connectivity index (χ1n) is 6.70. The molecule has 1 saturated heterocycles. The van der Waals surface area contributed by atoms with Crippen molar-refractivity contribution in [1.82, 2.24) is 4.90 Å². The number of benzene rings is 1. The van der Waals surface area contributed by atoms with E-state index in [1.165, 1.54) is 25.7 Å². The normalized spacial score (nSPS) is 17.1. The third kappa shape index (κ3) is 3.09. The second-order valence-electron chi connectivity index (χ2n) is 4.93. The van der Waals surface area contributed by atoms with Crippen molar-refractivity contribution in [2.24, 2.45) is 5.92 Å². The van der Waals surface area contributed by atoms with Gasteiger partial charge in [-0.05, 0) is 18.8 Å². The fourth-order valence-electron chi connectivity index (χ4n) is 2.63. The van der Waals surface area contributed by atoms with Crippen LogP contribution in [0.25, 0.3) is 0 Å². The van der Waals surface area contributed by atoms with Gasteiger partial charge in [0.05, 0.1) is 0 Å². The van der Waals surface area contributed by atoms with Crippen molar-refractivity contribution in [3.63, 3.8) is 0 Å². The Labute approximate surface area is 104 Å². The maximum absolute atomic E-state index is 8.22. The molecule has 1 aliphatic heterocycles. The molecular formula is C15H22N2. The molecule has 2 rings (SSSR count). The number of hydrogen-bond donors (Lipinski definition) is 1. The summed E-state index contributed by atoms with van der Waals surface area (Å²) in [6.07, 6.45) is 5.15. The van der Waals surface area contributed by atoms with Crippen LogP contribution in [0, 0.1) is 11.3 Å². The summed E-state index contributed by atoms with van der Waals surface area (Å²) in [6, 6.07) is 10.1. The molecule has 0 aliphatic carbocycles. The Bertz CT molecular complexity index is 350. The lowest BCUT2D eigenvalue weighted by molar-refractivity contribution is 0.254. The van der Waals surface area contributed by atoms with Crippen LogP contribution in [-0.2, 0) is 0 Å². The van der Waals surface area contributed by atoms with Crippen molar-refractivity contribution >= 4 is 5.84 Å². The molecule has 0 bridgehead atoms. The van der Waals surface area contributed by atoms with Gasteiger partial charge in [0, 0.05) is 18.7 Å². The Morgan fingerprint density at radius 3 is 2.47 bits per heavy atom. The molecule has 0 amide bonds. The van der Waals surface area contributed by atoms with E-state index in [9.17, 15) is 0 Å². The van der Waals surface area contributed by atoms with Crippen LogP contribution >= 0.6 is 0 Å². The number of nitrogens with zero attached hydrogens (tertiary/aromatic N) is 1. The fourth-order valence-corrected chi connectivity index (χ4v) is 2.63. The van der Waals surface area contributed by atoms with E-state index in [1.807, 2.05) is 30.3 Å². The maximum Gasteiger partial charge on any atom is 0.128 e. The zero-order valence-electron chi connectivity index (χ0n) is 10.7. The lowest BCUT2D eigenvalue weighted by atomic mass is 9.92. The molecule has 17 heavy (non-hydrogen) atoms. The van der Waals surface area contributed by atoms with Gasteiger partial charge in [-0.1, -0.05) is 50.1 Å². The molecule has 0 atom stereocenters. The summed E-state index contributed by atoms with van der Waals surface area (Å²) in [5.74, 6) is 1.58. The summed E-state index contributed by atoms with van der Waals surface area (Å²) in [4.78, 5) is 2.22. The molecule has 2 nitrogen and oxygen atoms in total. The van der Waals surface area contributed by atoms with E-state index in [2.05, 4.69) is 11.8 Å². The van der Waals surface area contributed by atoms with Crippen LogP contribution in [-0.4, -0.2) is 23.8 Å². The van der Waals surface area contributed by atoms with Gasteiger partial charge in [-0.2, -0.15) is 0 Å². The number of nitrogens with one attached hydrogen (secondary N) is 1. The number of piperidine rings is 1. The monoisotopic (exact) mass is 230 g/mol. The standard InChI is InChI=1S/C15H22N2/c1-2-6-13-9-11-17(12-10-13)15(16)14-7-4-3-5-8-14/h3-5,7-8,13,16H,2,6,9-12H2,1H3. The predicted octanol–water partition coefficient (Wildman–Crippen LogP) is 3.52. The average molecular weight is 230 g/mol. The highest BCUT2D eigenvalue weighted by Gasteiger charge is 2.20. The minimum absolute atomic E-state index is 0.695. The van der Waals surface area contributed by atoms with Gasteiger partial charge in [-0.25, -0.2) is 0 Å². The van der Waals surface area contributed by atoms with Gasteiger partial charge < -0.3 is 4.90 Å². The molecule has 0 radical (unpaired) electrons. The smallest absolute Gasteiger partial charge is 0.128 e. The molecular weight excluding hydrogens is 208 g/mol. The number of likely N-dealkylation sites (tertiary alicyclic amines) is 1. The van der Waals surface area contributed by atoms with Crippen LogP contribution in [0.5, 0.6) is 0 Å². The van der Waals surface area contributed by atoms with Crippen LogP contribution in [0.1, 0.15) is 38.2 Å². The van der Waals surface area contributed by atoms with Gasteiger partial charge in [-0.3, -0.25) is 5.41 Å². The molecule has 92 valence electrons. The van der Waals surface area contributed by atoms with Crippen LogP contribution in [0.4, 0.5) is 0 Å². The molecule has 0 unspecified atom stereocenters. The fraction of sp³-hybridized carbons (Fsp3) is 0.533. The second kappa shape index (κ2) is 5.85. The lowest BCUT2D eigenvalue weighted by Gasteiger charge is -2.33. The van der Waals surface area contributed by atoms with Crippen molar-refractivity contribution in [1.29, 1.82) is 5.41 Å². The van der Waals surface area contributed by atoms with Crippen LogP contribution in [0.2, 0.25) is 0 Å². The van der Waals surface area contributed by atoms with Gasteiger partial charge in [0.25, 0.3) is 0 Å². The van der Waals surface area contributed by atoms with E-state index in [4.69, 9.17) is 5.41 Å². The summed E-state index contributed by atoms with van der Waals surface area (Å²) >= 11 is 0. The summed E-state index contributed by atoms with van der Waals surface area (Å²) in [6.45, 7) is 4.37. The molecule has 1 heterocycles. The Morgan fingerprint density at radius 1 is 1.24 bits per heavy atom. The van der Waals surface area contributed by atoms with Crippen molar-refractivity contribution in [3.8, 4) is 0 Å². The highest BCUT2D eigenvalue weighted by atomic mass is 15.2. The number of amidine groups is 1. The summed E-state index contributed by atoms with van der Waals surface area (Å²) in [5, 5.41) is 8.22. The van der Waals surface area contributed by atoms with Gasteiger partial charge >= 0.3 is 0 Å². The Balaban J connectivity index is 1.91. The van der Waals surface area contributed by atoms with E-state index in [0.717, 1.165) is 24.6 Å². The van der Waals surface area contributed by atoms with Crippen molar-refractivity contribution in [2.75, 3.05) is 13.1 Å². The zero-order valence-corrected chi connectivity index (χ0v) is 10.7. The minimum atomic E-state index is 0.695. The molecule has 1 fully saturated rings. The average Bonchev–Trinajstić information content (AvgIpc) is 2.40. The lowest BCUT2D eigenvalue weighted by Crippen LogP contribution is -2.38. The van der Waals surface area contributed by atoms with Gasteiger partial charge in [0.2, 0.25) is 0 Å². The van der Waals surface area contributed by atoms with E-state index in [0.29, 0.717) is 5.84 Å². The van der Waals surface area contributed by atoms with Crippen molar-refractivity contribution < 1.29 is 0 Å². The van der Waals surface area contributed by atoms with Gasteiger partial charge in [0.1, 0.15) is 5.84 Å². The number of rotatable bonds is 3. The second-order valence-corrected chi connectivity index (χ2v) is 4.93. The largest absolute Gasteiger partial charge is 0.357 e. The van der Waals surface area contributed by atoms with E-state index < -0.39 is 0 Å². The summed E-state index contributed by atoms with van der Waals surface area (Å²) in [5.41, 5.74) is 1.04. The summed E-state index contributed by atoms with van der Waals surface area (Å²) < 4.78 is 0. The molecule has 2 heteroatoms. The highest BCUT2D eigenvalue weighted by molar-refractivity contribution is 5.96. The molecule has 0 aromatic heterocycles. The quantitative estimate of drug-likeness (QED) is 0.624. The Kier molecular flexibility index (Phi) is 4.18. The van der Waals surface area contributed by atoms with Crippen molar-refractivity contribution in [2.45, 2.75) is 32.6 Å². The van der Waals surface area contributed by atoms with Crippen LogP contribution < -0.4 is 0 Å². The molecule has 0 saturated carbocycles. The highest BCUT2D eigenvalue weighted by Crippen LogP contribution is 2.22. The first kappa shape index (κ1) is 12.2. The maximum atomic E-state index is 8.22. The third-order valence-corrected chi connectivity index (χ3v) is 3.67. The van der Waals surface area contributed by atoms with E-state index in [-0.39, 0.29) is 0 Å². The number of hydrogen-bond acceptors (Lipinski definition) is 1. The summed E-state index contributed by atoms with van der Waals surface area (Å²) in [7, 11) is 0. The van der Waals surface area contributed by atoms with Crippen LogP contribution in [0.3, 0.4) is 0 Å². The molecule has 0 spiro atoms. The third-order valence-electron chi connectivity index (χ3n) is 3.67. The van der Waals surface area contributed by atoms with Crippen LogP contribution in [0.15, 0.2) is 30.3 Å².